The third-order valence-corrected chi connectivity index (χ3v) is 3.17. The Hall–Kier alpha value is -1.28. The van der Waals surface area contributed by atoms with Crippen molar-refractivity contribution in [3.05, 3.63) is 36.0 Å². The molecule has 92 valence electrons. The van der Waals surface area contributed by atoms with Crippen LogP contribution < -0.4 is 5.73 Å². The van der Waals surface area contributed by atoms with E-state index in [1.54, 1.807) is 0 Å². The number of aryl methyl sites for hydroxylation is 1. The van der Waals surface area contributed by atoms with Crippen LogP contribution in [0.1, 0.15) is 32.8 Å². The van der Waals surface area contributed by atoms with Crippen molar-refractivity contribution >= 4 is 10.9 Å². The Labute approximate surface area is 103 Å². The van der Waals surface area contributed by atoms with Crippen LogP contribution in [-0.4, -0.2) is 4.57 Å². The fourth-order valence-electron chi connectivity index (χ4n) is 2.03. The van der Waals surface area contributed by atoms with E-state index in [0.717, 1.165) is 6.54 Å². The molecule has 1 heterocycles. The minimum Gasteiger partial charge on any atom is -0.347 e. The van der Waals surface area contributed by atoms with Gasteiger partial charge in [0.15, 0.2) is 0 Å². The van der Waals surface area contributed by atoms with E-state index in [9.17, 15) is 0 Å². The first-order valence-corrected chi connectivity index (χ1v) is 6.27. The van der Waals surface area contributed by atoms with E-state index in [0.29, 0.717) is 12.0 Å². The predicted molar refractivity (Wildman–Crippen MR) is 73.9 cm³/mol. The summed E-state index contributed by atoms with van der Waals surface area (Å²) in [6.07, 6.45) is 3.37. The van der Waals surface area contributed by atoms with Crippen LogP contribution in [-0.2, 0) is 13.1 Å². The van der Waals surface area contributed by atoms with Crippen LogP contribution in [0.15, 0.2) is 30.5 Å². The summed E-state index contributed by atoms with van der Waals surface area (Å²) in [7, 11) is 0. The Balaban J connectivity index is 2.24. The van der Waals surface area contributed by atoms with Crippen LogP contribution in [0, 0.1) is 5.41 Å². The molecular weight excluding hydrogens is 208 g/mol. The zero-order valence-electron chi connectivity index (χ0n) is 11.0. The molecule has 0 amide bonds. The summed E-state index contributed by atoms with van der Waals surface area (Å²) >= 11 is 0. The van der Waals surface area contributed by atoms with Gasteiger partial charge in [-0.25, -0.2) is 0 Å². The van der Waals surface area contributed by atoms with E-state index >= 15 is 0 Å². The molecule has 0 radical (unpaired) electrons. The summed E-state index contributed by atoms with van der Waals surface area (Å²) in [5, 5.41) is 1.29. The topological polar surface area (TPSA) is 30.9 Å². The van der Waals surface area contributed by atoms with Gasteiger partial charge < -0.3 is 10.3 Å². The van der Waals surface area contributed by atoms with Crippen LogP contribution in [0.3, 0.4) is 0 Å². The maximum Gasteiger partial charge on any atom is 0.0480 e. The van der Waals surface area contributed by atoms with Crippen LogP contribution in [0.2, 0.25) is 0 Å². The van der Waals surface area contributed by atoms with Gasteiger partial charge in [0, 0.05) is 24.8 Å². The van der Waals surface area contributed by atoms with Gasteiger partial charge in [-0.1, -0.05) is 26.8 Å². The number of hydrogen-bond acceptors (Lipinski definition) is 1. The van der Waals surface area contributed by atoms with Crippen molar-refractivity contribution in [1.29, 1.82) is 0 Å². The number of aromatic nitrogens is 1. The quantitative estimate of drug-likeness (QED) is 0.859. The second-order valence-corrected chi connectivity index (χ2v) is 5.92. The average molecular weight is 230 g/mol. The third kappa shape index (κ3) is 2.89. The van der Waals surface area contributed by atoms with Crippen molar-refractivity contribution in [1.82, 2.24) is 4.57 Å². The lowest BCUT2D eigenvalue weighted by Gasteiger charge is -2.18. The molecule has 0 saturated carbocycles. The fourth-order valence-corrected chi connectivity index (χ4v) is 2.03. The van der Waals surface area contributed by atoms with Gasteiger partial charge in [0.1, 0.15) is 0 Å². The minimum atomic E-state index is 0.383. The number of fused-ring (bicyclic) bond motifs is 1. The lowest BCUT2D eigenvalue weighted by molar-refractivity contribution is 0.353. The highest BCUT2D eigenvalue weighted by molar-refractivity contribution is 5.80. The number of benzene rings is 1. The summed E-state index contributed by atoms with van der Waals surface area (Å²) in [4.78, 5) is 0. The van der Waals surface area contributed by atoms with Gasteiger partial charge in [-0.2, -0.15) is 0 Å². The molecule has 0 aliphatic carbocycles. The summed E-state index contributed by atoms with van der Waals surface area (Å²) < 4.78 is 2.33. The molecule has 2 N–H and O–H groups in total. The van der Waals surface area contributed by atoms with Crippen molar-refractivity contribution in [2.75, 3.05) is 0 Å². The van der Waals surface area contributed by atoms with Gasteiger partial charge in [0.05, 0.1) is 0 Å². The van der Waals surface area contributed by atoms with Crippen LogP contribution in [0.5, 0.6) is 0 Å². The maximum atomic E-state index is 5.66. The Kier molecular flexibility index (Phi) is 3.25. The standard InChI is InChI=1S/C15H22N2/c1-15(2,3)7-9-17-8-6-13-10-12(11-16)4-5-14(13)17/h4-6,8,10H,7,9,11,16H2,1-3H3. The van der Waals surface area contributed by atoms with E-state index < -0.39 is 0 Å². The predicted octanol–water partition coefficient (Wildman–Crippen LogP) is 3.54. The second-order valence-electron chi connectivity index (χ2n) is 5.92. The normalized spacial score (nSPS) is 12.2. The van der Waals surface area contributed by atoms with Crippen molar-refractivity contribution < 1.29 is 0 Å². The number of nitrogens with two attached hydrogens (primary N) is 1. The Morgan fingerprint density at radius 1 is 1.18 bits per heavy atom. The van der Waals surface area contributed by atoms with Gasteiger partial charge in [0.2, 0.25) is 0 Å². The second kappa shape index (κ2) is 4.53. The molecule has 2 aromatic rings. The molecule has 0 unspecified atom stereocenters. The lowest BCUT2D eigenvalue weighted by Crippen LogP contribution is -2.09. The lowest BCUT2D eigenvalue weighted by atomic mass is 9.92. The first kappa shape index (κ1) is 12.2. The molecule has 17 heavy (non-hydrogen) atoms. The van der Waals surface area contributed by atoms with Crippen LogP contribution >= 0.6 is 0 Å². The first-order chi connectivity index (χ1) is 7.99. The van der Waals surface area contributed by atoms with Crippen molar-refractivity contribution in [3.8, 4) is 0 Å². The van der Waals surface area contributed by atoms with E-state index in [4.69, 9.17) is 5.73 Å². The molecule has 0 aliphatic heterocycles. The van der Waals surface area contributed by atoms with Crippen molar-refractivity contribution in [2.45, 2.75) is 40.3 Å². The maximum absolute atomic E-state index is 5.66. The van der Waals surface area contributed by atoms with E-state index in [1.165, 1.54) is 22.9 Å². The molecule has 0 fully saturated rings. The summed E-state index contributed by atoms with van der Waals surface area (Å²) in [6, 6.07) is 8.66. The largest absolute Gasteiger partial charge is 0.347 e. The van der Waals surface area contributed by atoms with Crippen molar-refractivity contribution in [3.63, 3.8) is 0 Å². The first-order valence-electron chi connectivity index (χ1n) is 6.27. The SMILES string of the molecule is CC(C)(C)CCn1ccc2cc(CN)ccc21. The van der Waals surface area contributed by atoms with Crippen molar-refractivity contribution in [2.24, 2.45) is 11.1 Å². The fraction of sp³-hybridized carbons (Fsp3) is 0.467. The van der Waals surface area contributed by atoms with Gasteiger partial charge in [-0.05, 0) is 41.0 Å². The molecule has 2 rings (SSSR count). The van der Waals surface area contributed by atoms with E-state index in [-0.39, 0.29) is 0 Å². The number of rotatable bonds is 3. The number of nitrogens with zero attached hydrogens (tertiary/aromatic N) is 1. The summed E-state index contributed by atoms with van der Waals surface area (Å²) in [5.41, 5.74) is 8.55. The molecule has 0 spiro atoms. The number of hydrogen-bond donors (Lipinski definition) is 1. The summed E-state index contributed by atoms with van der Waals surface area (Å²) in [6.45, 7) is 8.54. The molecule has 2 nitrogen and oxygen atoms in total. The van der Waals surface area contributed by atoms with Crippen LogP contribution in [0.25, 0.3) is 10.9 Å². The van der Waals surface area contributed by atoms with E-state index in [2.05, 4.69) is 55.8 Å². The monoisotopic (exact) mass is 230 g/mol. The molecule has 0 saturated heterocycles. The zero-order chi connectivity index (χ0) is 12.5. The molecule has 0 bridgehead atoms. The highest BCUT2D eigenvalue weighted by Gasteiger charge is 2.10. The highest BCUT2D eigenvalue weighted by Crippen LogP contribution is 2.23. The molecular formula is C15H22N2. The minimum absolute atomic E-state index is 0.383. The third-order valence-electron chi connectivity index (χ3n) is 3.17. The molecule has 2 heteroatoms. The van der Waals surface area contributed by atoms with Gasteiger partial charge >= 0.3 is 0 Å². The highest BCUT2D eigenvalue weighted by atomic mass is 14.9. The molecule has 0 aliphatic rings. The molecule has 1 aromatic heterocycles. The van der Waals surface area contributed by atoms with E-state index in [1.807, 2.05) is 0 Å². The average Bonchev–Trinajstić information content (AvgIpc) is 2.67. The smallest absolute Gasteiger partial charge is 0.0480 e. The van der Waals surface area contributed by atoms with Gasteiger partial charge in [-0.3, -0.25) is 0 Å². The van der Waals surface area contributed by atoms with Gasteiger partial charge in [0.25, 0.3) is 0 Å². The zero-order valence-corrected chi connectivity index (χ0v) is 11.0. The Morgan fingerprint density at radius 2 is 1.94 bits per heavy atom. The Bertz CT molecular complexity index is 503. The van der Waals surface area contributed by atoms with Gasteiger partial charge in [-0.15, -0.1) is 0 Å². The molecule has 1 aromatic carbocycles. The molecule has 0 atom stereocenters. The van der Waals surface area contributed by atoms with Crippen LogP contribution in [0.4, 0.5) is 0 Å². The summed E-state index contributed by atoms with van der Waals surface area (Å²) in [5.74, 6) is 0. The Morgan fingerprint density at radius 3 is 2.59 bits per heavy atom.